The van der Waals surface area contributed by atoms with Crippen molar-refractivity contribution in [3.05, 3.63) is 34.3 Å². The highest BCUT2D eigenvalue weighted by Gasteiger charge is 2.33. The third kappa shape index (κ3) is 3.40. The van der Waals surface area contributed by atoms with E-state index in [1.54, 1.807) is 0 Å². The summed E-state index contributed by atoms with van der Waals surface area (Å²) in [5.41, 5.74) is -1.65. The number of hydrogen-bond donors (Lipinski definition) is 0. The summed E-state index contributed by atoms with van der Waals surface area (Å²) in [5.74, 6) is 0. The highest BCUT2D eigenvalue weighted by atomic mass is 35.5. The van der Waals surface area contributed by atoms with Crippen LogP contribution in [0.2, 0.25) is 5.02 Å². The van der Waals surface area contributed by atoms with Gasteiger partial charge >= 0.3 is 10.8 Å². The van der Waals surface area contributed by atoms with Gasteiger partial charge in [0.1, 0.15) is 0 Å². The molecule has 0 radical (unpaired) electrons. The molecule has 0 fully saturated rings. The first-order chi connectivity index (χ1) is 6.60. The second-order valence-corrected chi connectivity index (χ2v) is 4.11. The fraction of sp³-hybridized carbons (Fsp3) is 0.250. The van der Waals surface area contributed by atoms with Gasteiger partial charge in [-0.05, 0) is 41.4 Å². The molecule has 0 saturated carbocycles. The van der Waals surface area contributed by atoms with E-state index in [0.29, 0.717) is 6.07 Å². The first-order valence-electron chi connectivity index (χ1n) is 3.55. The SMILES string of the molecule is FC(F)(Cl)c1cc(Cl)cc(C(F)(F)Cl)c1. The Bertz CT molecular complexity index is 335. The predicted molar refractivity (Wildman–Crippen MR) is 50.9 cm³/mol. The minimum atomic E-state index is -3.76. The zero-order chi connectivity index (χ0) is 11.9. The van der Waals surface area contributed by atoms with Crippen molar-refractivity contribution in [1.29, 1.82) is 0 Å². The molecule has 0 amide bonds. The summed E-state index contributed by atoms with van der Waals surface area (Å²) < 4.78 is 50.5. The Kier molecular flexibility index (Phi) is 3.43. The molecule has 0 aliphatic carbocycles. The van der Waals surface area contributed by atoms with Crippen molar-refractivity contribution in [2.75, 3.05) is 0 Å². The van der Waals surface area contributed by atoms with Gasteiger partial charge in [0.15, 0.2) is 0 Å². The van der Waals surface area contributed by atoms with Crippen LogP contribution in [0.15, 0.2) is 18.2 Å². The molecule has 0 saturated heterocycles. The van der Waals surface area contributed by atoms with Gasteiger partial charge in [0.2, 0.25) is 0 Å². The molecule has 0 N–H and O–H groups in total. The van der Waals surface area contributed by atoms with Crippen molar-refractivity contribution in [3.8, 4) is 0 Å². The minimum Gasteiger partial charge on any atom is -0.183 e. The average Bonchev–Trinajstić information content (AvgIpc) is 1.99. The molecular formula is C8H3Cl3F4. The highest BCUT2D eigenvalue weighted by Crippen LogP contribution is 2.39. The topological polar surface area (TPSA) is 0 Å². The maximum absolute atomic E-state index is 12.6. The summed E-state index contributed by atoms with van der Waals surface area (Å²) in [6, 6.07) is 2.09. The normalized spacial score (nSPS) is 13.0. The summed E-state index contributed by atoms with van der Waals surface area (Å²) in [6.07, 6.45) is 0. The summed E-state index contributed by atoms with van der Waals surface area (Å²) >= 11 is 14.7. The molecule has 1 rings (SSSR count). The fourth-order valence-electron chi connectivity index (χ4n) is 0.917. The van der Waals surface area contributed by atoms with Crippen LogP contribution in [0.1, 0.15) is 11.1 Å². The molecule has 0 aromatic heterocycles. The second-order valence-electron chi connectivity index (χ2n) is 2.72. The monoisotopic (exact) mass is 280 g/mol. The third-order valence-electron chi connectivity index (χ3n) is 1.55. The van der Waals surface area contributed by atoms with E-state index in [0.717, 1.165) is 12.1 Å². The largest absolute Gasteiger partial charge is 0.348 e. The summed E-state index contributed by atoms with van der Waals surface area (Å²) in [5, 5.41) is -7.81. The van der Waals surface area contributed by atoms with Crippen LogP contribution in [0, 0.1) is 0 Å². The maximum Gasteiger partial charge on any atom is 0.348 e. The van der Waals surface area contributed by atoms with Crippen LogP contribution in [0.25, 0.3) is 0 Å². The van der Waals surface area contributed by atoms with E-state index in [2.05, 4.69) is 23.2 Å². The van der Waals surface area contributed by atoms with Crippen molar-refractivity contribution in [2.45, 2.75) is 10.8 Å². The van der Waals surface area contributed by atoms with Crippen molar-refractivity contribution in [2.24, 2.45) is 0 Å². The first kappa shape index (κ1) is 12.9. The zero-order valence-corrected chi connectivity index (χ0v) is 9.15. The molecule has 0 aliphatic rings. The quantitative estimate of drug-likeness (QED) is 0.533. The van der Waals surface area contributed by atoms with Crippen LogP contribution in [0.5, 0.6) is 0 Å². The molecule has 1 aromatic carbocycles. The van der Waals surface area contributed by atoms with E-state index in [1.165, 1.54) is 0 Å². The maximum atomic E-state index is 12.6. The molecule has 0 bridgehead atoms. The average molecular weight is 281 g/mol. The predicted octanol–water partition coefficient (Wildman–Crippen LogP) is 4.92. The van der Waals surface area contributed by atoms with E-state index >= 15 is 0 Å². The Balaban J connectivity index is 3.30. The number of halogens is 7. The highest BCUT2D eigenvalue weighted by molar-refractivity contribution is 6.31. The van der Waals surface area contributed by atoms with Crippen LogP contribution >= 0.6 is 34.8 Å². The molecule has 0 spiro atoms. The Morgan fingerprint density at radius 2 is 1.13 bits per heavy atom. The molecule has 7 heteroatoms. The summed E-state index contributed by atoms with van der Waals surface area (Å²) in [7, 11) is 0. The number of rotatable bonds is 2. The molecule has 0 heterocycles. The van der Waals surface area contributed by atoms with Gasteiger partial charge in [-0.25, -0.2) is 0 Å². The lowest BCUT2D eigenvalue weighted by Gasteiger charge is -2.13. The van der Waals surface area contributed by atoms with Crippen molar-refractivity contribution < 1.29 is 17.6 Å². The van der Waals surface area contributed by atoms with Gasteiger partial charge in [0, 0.05) is 16.1 Å². The van der Waals surface area contributed by atoms with Crippen LogP contribution in [-0.4, -0.2) is 0 Å². The molecular weight excluding hydrogens is 278 g/mol. The Hall–Kier alpha value is -0.190. The van der Waals surface area contributed by atoms with Gasteiger partial charge in [-0.1, -0.05) is 11.6 Å². The lowest BCUT2D eigenvalue weighted by Crippen LogP contribution is -2.08. The Morgan fingerprint density at radius 3 is 1.40 bits per heavy atom. The molecule has 0 aliphatic heterocycles. The molecule has 0 atom stereocenters. The smallest absolute Gasteiger partial charge is 0.183 e. The van der Waals surface area contributed by atoms with Gasteiger partial charge in [0.25, 0.3) is 0 Å². The molecule has 0 unspecified atom stereocenters. The van der Waals surface area contributed by atoms with E-state index in [9.17, 15) is 17.6 Å². The summed E-state index contributed by atoms with van der Waals surface area (Å²) in [6.45, 7) is 0. The van der Waals surface area contributed by atoms with E-state index in [4.69, 9.17) is 11.6 Å². The van der Waals surface area contributed by atoms with Crippen LogP contribution in [0.3, 0.4) is 0 Å². The van der Waals surface area contributed by atoms with E-state index in [1.807, 2.05) is 0 Å². The van der Waals surface area contributed by atoms with E-state index in [-0.39, 0.29) is 5.02 Å². The van der Waals surface area contributed by atoms with Gasteiger partial charge in [-0.15, -0.1) is 0 Å². The lowest BCUT2D eigenvalue weighted by atomic mass is 10.1. The second kappa shape index (κ2) is 4.00. The molecule has 15 heavy (non-hydrogen) atoms. The molecule has 1 aromatic rings. The van der Waals surface area contributed by atoms with Gasteiger partial charge in [-0.2, -0.15) is 17.6 Å². The molecule has 0 nitrogen and oxygen atoms in total. The van der Waals surface area contributed by atoms with Gasteiger partial charge in [-0.3, -0.25) is 0 Å². The zero-order valence-electron chi connectivity index (χ0n) is 6.88. The Labute approximate surface area is 97.7 Å². The number of alkyl halides is 6. The summed E-state index contributed by atoms with van der Waals surface area (Å²) in [4.78, 5) is 0. The van der Waals surface area contributed by atoms with Crippen LogP contribution in [-0.2, 0) is 10.8 Å². The standard InChI is InChI=1S/C8H3Cl3F4/c9-6-2-4(7(10,12)13)1-5(3-6)8(11,14)15/h1-3H. The first-order valence-corrected chi connectivity index (χ1v) is 4.69. The van der Waals surface area contributed by atoms with Crippen LogP contribution in [0.4, 0.5) is 17.6 Å². The fourth-order valence-corrected chi connectivity index (χ4v) is 1.37. The van der Waals surface area contributed by atoms with Crippen molar-refractivity contribution in [3.63, 3.8) is 0 Å². The van der Waals surface area contributed by atoms with Crippen molar-refractivity contribution >= 4 is 34.8 Å². The third-order valence-corrected chi connectivity index (χ3v) is 2.21. The molecule has 84 valence electrons. The van der Waals surface area contributed by atoms with E-state index < -0.39 is 21.9 Å². The Morgan fingerprint density at radius 1 is 0.800 bits per heavy atom. The van der Waals surface area contributed by atoms with Crippen molar-refractivity contribution in [1.82, 2.24) is 0 Å². The van der Waals surface area contributed by atoms with Gasteiger partial charge in [0.05, 0.1) is 0 Å². The minimum absolute atomic E-state index is 0.289. The number of benzene rings is 1. The number of hydrogen-bond acceptors (Lipinski definition) is 0. The lowest BCUT2D eigenvalue weighted by molar-refractivity contribution is 0.0878. The van der Waals surface area contributed by atoms with Gasteiger partial charge < -0.3 is 0 Å². The van der Waals surface area contributed by atoms with Crippen LogP contribution < -0.4 is 0 Å².